The average Bonchev–Trinajstić information content (AvgIpc) is 2.92. The van der Waals surface area contributed by atoms with Crippen molar-refractivity contribution >= 4 is 0 Å². The molecule has 0 saturated carbocycles. The van der Waals surface area contributed by atoms with E-state index >= 15 is 0 Å². The van der Waals surface area contributed by atoms with Crippen LogP contribution in [0.1, 0.15) is 16.7 Å². The summed E-state index contributed by atoms with van der Waals surface area (Å²) in [6.45, 7) is 2.76. The van der Waals surface area contributed by atoms with Gasteiger partial charge in [-0.1, -0.05) is 91.0 Å². The molecule has 2 N–H and O–H groups in total. The molecule has 0 amide bonds. The molecule has 1 fully saturated rings. The summed E-state index contributed by atoms with van der Waals surface area (Å²) in [6, 6.07) is 30.2. The predicted molar refractivity (Wildman–Crippen MR) is 135 cm³/mol. The highest BCUT2D eigenvalue weighted by Crippen LogP contribution is 2.25. The van der Waals surface area contributed by atoms with Crippen LogP contribution in [0.3, 0.4) is 0 Å². The van der Waals surface area contributed by atoms with E-state index in [0.29, 0.717) is 39.6 Å². The Kier molecular flexibility index (Phi) is 10.3. The van der Waals surface area contributed by atoms with Crippen LogP contribution in [0.25, 0.3) is 0 Å². The molecule has 1 heterocycles. The van der Waals surface area contributed by atoms with Gasteiger partial charge in [0.15, 0.2) is 0 Å². The van der Waals surface area contributed by atoms with Crippen LogP contribution in [0.2, 0.25) is 0 Å². The quantitative estimate of drug-likeness (QED) is 0.391. The van der Waals surface area contributed by atoms with Crippen molar-refractivity contribution in [1.82, 2.24) is 5.32 Å². The zero-order valence-electron chi connectivity index (χ0n) is 20.0. The SMILES string of the molecule is OCCN[C@@H]1COC(COCc2ccccc2)C(OCc2ccccc2)C1OCc1ccccc1. The van der Waals surface area contributed by atoms with E-state index in [1.807, 2.05) is 78.9 Å². The van der Waals surface area contributed by atoms with Crippen LogP contribution in [0.15, 0.2) is 91.0 Å². The molecule has 1 aliphatic rings. The van der Waals surface area contributed by atoms with Gasteiger partial charge >= 0.3 is 0 Å². The summed E-state index contributed by atoms with van der Waals surface area (Å²) in [6.07, 6.45) is -0.903. The summed E-state index contributed by atoms with van der Waals surface area (Å²) in [7, 11) is 0. The Labute approximate surface area is 207 Å². The predicted octanol–water partition coefficient (Wildman–Crippen LogP) is 3.72. The number of benzene rings is 3. The van der Waals surface area contributed by atoms with Gasteiger partial charge in [-0.15, -0.1) is 0 Å². The third kappa shape index (κ3) is 7.97. The highest BCUT2D eigenvalue weighted by molar-refractivity contribution is 5.15. The molecular formula is C29H35NO5. The van der Waals surface area contributed by atoms with E-state index < -0.39 is 0 Å². The summed E-state index contributed by atoms with van der Waals surface area (Å²) in [4.78, 5) is 0. The first-order valence-corrected chi connectivity index (χ1v) is 12.2. The Morgan fingerprint density at radius 3 is 1.77 bits per heavy atom. The minimum atomic E-state index is -0.348. The van der Waals surface area contributed by atoms with Crippen molar-refractivity contribution in [3.05, 3.63) is 108 Å². The third-order valence-electron chi connectivity index (χ3n) is 6.06. The molecule has 3 aromatic carbocycles. The lowest BCUT2D eigenvalue weighted by molar-refractivity contribution is -0.208. The molecule has 4 atom stereocenters. The summed E-state index contributed by atoms with van der Waals surface area (Å²) in [5, 5.41) is 12.8. The summed E-state index contributed by atoms with van der Waals surface area (Å²) in [5.41, 5.74) is 3.30. The van der Waals surface area contributed by atoms with Gasteiger partial charge in [0.05, 0.1) is 45.7 Å². The fourth-order valence-corrected chi connectivity index (χ4v) is 4.24. The van der Waals surface area contributed by atoms with Crippen molar-refractivity contribution in [1.29, 1.82) is 0 Å². The first-order chi connectivity index (χ1) is 17.3. The maximum absolute atomic E-state index is 9.39. The van der Waals surface area contributed by atoms with Crippen molar-refractivity contribution < 1.29 is 24.1 Å². The fraction of sp³-hybridized carbons (Fsp3) is 0.379. The van der Waals surface area contributed by atoms with Gasteiger partial charge in [-0.3, -0.25) is 0 Å². The van der Waals surface area contributed by atoms with Crippen LogP contribution in [-0.2, 0) is 38.8 Å². The first-order valence-electron chi connectivity index (χ1n) is 12.2. The number of rotatable bonds is 13. The largest absolute Gasteiger partial charge is 0.395 e. The molecule has 0 spiro atoms. The van der Waals surface area contributed by atoms with Gasteiger partial charge in [-0.25, -0.2) is 0 Å². The molecule has 186 valence electrons. The van der Waals surface area contributed by atoms with Gasteiger partial charge < -0.3 is 29.4 Å². The van der Waals surface area contributed by atoms with E-state index in [1.165, 1.54) is 0 Å². The minimum absolute atomic E-state index is 0.0427. The monoisotopic (exact) mass is 477 g/mol. The Morgan fingerprint density at radius 1 is 0.714 bits per heavy atom. The number of hydrogen-bond acceptors (Lipinski definition) is 6. The number of aliphatic hydroxyl groups is 1. The van der Waals surface area contributed by atoms with Gasteiger partial charge in [-0.2, -0.15) is 0 Å². The average molecular weight is 478 g/mol. The number of nitrogens with one attached hydrogen (secondary N) is 1. The molecule has 3 unspecified atom stereocenters. The van der Waals surface area contributed by atoms with Crippen molar-refractivity contribution in [3.8, 4) is 0 Å². The molecule has 1 aliphatic heterocycles. The molecule has 0 aliphatic carbocycles. The maximum atomic E-state index is 9.39. The minimum Gasteiger partial charge on any atom is -0.395 e. The molecule has 1 saturated heterocycles. The van der Waals surface area contributed by atoms with Gasteiger partial charge in [0.25, 0.3) is 0 Å². The van der Waals surface area contributed by atoms with E-state index in [9.17, 15) is 5.11 Å². The van der Waals surface area contributed by atoms with E-state index in [-0.39, 0.29) is 31.0 Å². The first kappa shape index (κ1) is 25.5. The van der Waals surface area contributed by atoms with Crippen molar-refractivity contribution in [2.75, 3.05) is 26.4 Å². The van der Waals surface area contributed by atoms with Crippen LogP contribution in [-0.4, -0.2) is 55.8 Å². The molecule has 3 aromatic rings. The number of hydrogen-bond donors (Lipinski definition) is 2. The summed E-state index contributed by atoms with van der Waals surface area (Å²) >= 11 is 0. The fourth-order valence-electron chi connectivity index (χ4n) is 4.24. The van der Waals surface area contributed by atoms with Crippen LogP contribution < -0.4 is 5.32 Å². The zero-order valence-corrected chi connectivity index (χ0v) is 20.0. The molecule has 6 nitrogen and oxygen atoms in total. The second-order valence-electron chi connectivity index (χ2n) is 8.68. The van der Waals surface area contributed by atoms with Gasteiger partial charge in [0.1, 0.15) is 18.3 Å². The van der Waals surface area contributed by atoms with E-state index in [0.717, 1.165) is 16.7 Å². The van der Waals surface area contributed by atoms with E-state index in [1.54, 1.807) is 0 Å². The van der Waals surface area contributed by atoms with E-state index in [2.05, 4.69) is 17.4 Å². The molecule has 4 rings (SSSR count). The Balaban J connectivity index is 1.47. The van der Waals surface area contributed by atoms with Crippen molar-refractivity contribution in [3.63, 3.8) is 0 Å². The smallest absolute Gasteiger partial charge is 0.114 e. The number of aliphatic hydroxyl groups excluding tert-OH is 1. The van der Waals surface area contributed by atoms with Crippen LogP contribution in [0.5, 0.6) is 0 Å². The Bertz CT molecular complexity index is 957. The molecule has 0 radical (unpaired) electrons. The Morgan fingerprint density at radius 2 is 1.23 bits per heavy atom. The lowest BCUT2D eigenvalue weighted by Gasteiger charge is -2.42. The lowest BCUT2D eigenvalue weighted by Crippen LogP contribution is -2.61. The van der Waals surface area contributed by atoms with Crippen LogP contribution in [0, 0.1) is 0 Å². The second-order valence-corrected chi connectivity index (χ2v) is 8.68. The maximum Gasteiger partial charge on any atom is 0.114 e. The molecule has 0 bridgehead atoms. The summed E-state index contributed by atoms with van der Waals surface area (Å²) in [5.74, 6) is 0. The molecule has 6 heteroatoms. The zero-order chi connectivity index (χ0) is 24.1. The summed E-state index contributed by atoms with van der Waals surface area (Å²) < 4.78 is 25.2. The van der Waals surface area contributed by atoms with Crippen LogP contribution in [0.4, 0.5) is 0 Å². The second kappa shape index (κ2) is 14.1. The van der Waals surface area contributed by atoms with Crippen molar-refractivity contribution in [2.45, 2.75) is 44.2 Å². The highest BCUT2D eigenvalue weighted by Gasteiger charge is 2.42. The van der Waals surface area contributed by atoms with Gasteiger partial charge in [-0.05, 0) is 16.7 Å². The standard InChI is InChI=1S/C29H35NO5/c31-17-16-30-26-21-33-27(22-32-18-23-10-4-1-5-11-23)29(35-20-25-14-8-3-9-15-25)28(26)34-19-24-12-6-2-7-13-24/h1-15,26-31H,16-22H2/t26-,27?,28?,29?/m1/s1. The van der Waals surface area contributed by atoms with Gasteiger partial charge in [0.2, 0.25) is 0 Å². The topological polar surface area (TPSA) is 69.2 Å². The molecule has 35 heavy (non-hydrogen) atoms. The molecular weight excluding hydrogens is 442 g/mol. The number of ether oxygens (including phenoxy) is 4. The molecule has 0 aromatic heterocycles. The van der Waals surface area contributed by atoms with Gasteiger partial charge in [0, 0.05) is 6.54 Å². The van der Waals surface area contributed by atoms with E-state index in [4.69, 9.17) is 18.9 Å². The lowest BCUT2D eigenvalue weighted by atomic mass is 9.97. The van der Waals surface area contributed by atoms with Crippen molar-refractivity contribution in [2.24, 2.45) is 0 Å². The normalized spacial score (nSPS) is 22.2. The Hall–Kier alpha value is -2.58. The highest BCUT2D eigenvalue weighted by atomic mass is 16.6. The third-order valence-corrected chi connectivity index (χ3v) is 6.06. The van der Waals surface area contributed by atoms with Crippen LogP contribution >= 0.6 is 0 Å².